The van der Waals surface area contributed by atoms with Crippen LogP contribution in [0, 0.1) is 0 Å². The Kier molecular flexibility index (Phi) is 10.7. The molecule has 6 heteroatoms. The van der Waals surface area contributed by atoms with E-state index in [1.807, 2.05) is 6.92 Å². The average Bonchev–Trinajstić information content (AvgIpc) is 2.39. The summed E-state index contributed by atoms with van der Waals surface area (Å²) in [5.41, 5.74) is 5.42. The van der Waals surface area contributed by atoms with Gasteiger partial charge in [0.2, 0.25) is 5.91 Å². The fraction of sp³-hybridized carbons (Fsp3) is 0.846. The molecule has 0 aromatic carbocycles. The Bertz CT molecular complexity index is 275. The average molecular weight is 289 g/mol. The van der Waals surface area contributed by atoms with Crippen LogP contribution in [0.15, 0.2) is 0 Å². The summed E-state index contributed by atoms with van der Waals surface area (Å²) in [7, 11) is 1.79. The van der Waals surface area contributed by atoms with E-state index in [1.54, 1.807) is 11.9 Å². The van der Waals surface area contributed by atoms with Gasteiger partial charge in [-0.3, -0.25) is 4.79 Å². The summed E-state index contributed by atoms with van der Waals surface area (Å²) in [6.07, 6.45) is 1.10. The lowest BCUT2D eigenvalue weighted by molar-refractivity contribution is -0.130. The first-order valence-corrected chi connectivity index (χ1v) is 7.24. The van der Waals surface area contributed by atoms with Crippen LogP contribution in [0.3, 0.4) is 0 Å². The number of thiocarbonyl (C=S) groups is 1. The van der Waals surface area contributed by atoms with Crippen molar-refractivity contribution < 1.29 is 9.53 Å². The van der Waals surface area contributed by atoms with Crippen molar-refractivity contribution in [1.29, 1.82) is 0 Å². The van der Waals surface area contributed by atoms with E-state index >= 15 is 0 Å². The Balaban J connectivity index is 3.87. The van der Waals surface area contributed by atoms with Gasteiger partial charge in [-0.05, 0) is 13.5 Å². The first-order chi connectivity index (χ1) is 9.01. The van der Waals surface area contributed by atoms with Gasteiger partial charge in [0.1, 0.15) is 0 Å². The van der Waals surface area contributed by atoms with Crippen LogP contribution in [0.25, 0.3) is 0 Å². The minimum atomic E-state index is 0.131. The number of carbonyl (C=O) groups is 1. The Hall–Kier alpha value is -0.720. The molecule has 112 valence electrons. The topological polar surface area (TPSA) is 58.8 Å². The van der Waals surface area contributed by atoms with E-state index in [4.69, 9.17) is 22.7 Å². The minimum absolute atomic E-state index is 0.131. The first-order valence-electron chi connectivity index (χ1n) is 6.83. The van der Waals surface area contributed by atoms with Crippen molar-refractivity contribution in [3.63, 3.8) is 0 Å². The number of hydrogen-bond donors (Lipinski definition) is 1. The van der Waals surface area contributed by atoms with Crippen LogP contribution >= 0.6 is 12.2 Å². The van der Waals surface area contributed by atoms with Gasteiger partial charge in [0.25, 0.3) is 0 Å². The van der Waals surface area contributed by atoms with Crippen LogP contribution < -0.4 is 5.73 Å². The maximum atomic E-state index is 11.9. The predicted octanol–water partition coefficient (Wildman–Crippen LogP) is 0.870. The van der Waals surface area contributed by atoms with E-state index in [9.17, 15) is 4.79 Å². The molecular formula is C13H27N3O2S. The number of ether oxygens (including phenoxy) is 1. The van der Waals surface area contributed by atoms with Crippen LogP contribution in [-0.2, 0) is 9.53 Å². The minimum Gasteiger partial charge on any atom is -0.393 e. The maximum absolute atomic E-state index is 11.9. The standard InChI is InChI=1S/C13H27N3O2S/c1-4-16(10-11-18-5-2)9-7-13(17)15(3)8-6-12(14)19/h4-11H2,1-3H3,(H2,14,19). The quantitative estimate of drug-likeness (QED) is 0.452. The molecule has 5 nitrogen and oxygen atoms in total. The highest BCUT2D eigenvalue weighted by Gasteiger charge is 2.11. The van der Waals surface area contributed by atoms with Gasteiger partial charge >= 0.3 is 0 Å². The zero-order valence-corrected chi connectivity index (χ0v) is 13.2. The lowest BCUT2D eigenvalue weighted by Gasteiger charge is -2.22. The number of rotatable bonds is 11. The smallest absolute Gasteiger partial charge is 0.223 e. The summed E-state index contributed by atoms with van der Waals surface area (Å²) >= 11 is 4.80. The zero-order valence-electron chi connectivity index (χ0n) is 12.4. The highest BCUT2D eigenvalue weighted by molar-refractivity contribution is 7.80. The molecule has 2 N–H and O–H groups in total. The molecular weight excluding hydrogens is 262 g/mol. The molecule has 0 fully saturated rings. The van der Waals surface area contributed by atoms with Crippen molar-refractivity contribution in [3.8, 4) is 0 Å². The monoisotopic (exact) mass is 289 g/mol. The van der Waals surface area contributed by atoms with Crippen LogP contribution in [-0.4, -0.2) is 67.1 Å². The Labute approximate surface area is 122 Å². The molecule has 0 radical (unpaired) electrons. The van der Waals surface area contributed by atoms with Crippen molar-refractivity contribution in [2.75, 3.05) is 46.4 Å². The molecule has 0 aliphatic rings. The summed E-state index contributed by atoms with van der Waals surface area (Å²) in [6.45, 7) is 8.68. The molecule has 0 aliphatic heterocycles. The van der Waals surface area contributed by atoms with Gasteiger partial charge in [-0.25, -0.2) is 0 Å². The van der Waals surface area contributed by atoms with E-state index in [2.05, 4.69) is 11.8 Å². The van der Waals surface area contributed by atoms with Crippen LogP contribution in [0.1, 0.15) is 26.7 Å². The van der Waals surface area contributed by atoms with Gasteiger partial charge in [-0.15, -0.1) is 0 Å². The van der Waals surface area contributed by atoms with E-state index in [0.717, 1.165) is 32.8 Å². The largest absolute Gasteiger partial charge is 0.393 e. The molecule has 0 spiro atoms. The van der Waals surface area contributed by atoms with Gasteiger partial charge in [0, 0.05) is 46.1 Å². The summed E-state index contributed by atoms with van der Waals surface area (Å²) in [5, 5.41) is 0. The molecule has 1 amide bonds. The molecule has 0 aromatic heterocycles. The molecule has 0 saturated heterocycles. The second-order valence-electron chi connectivity index (χ2n) is 4.41. The fourth-order valence-corrected chi connectivity index (χ4v) is 1.70. The second kappa shape index (κ2) is 11.1. The molecule has 0 saturated carbocycles. The van der Waals surface area contributed by atoms with E-state index in [0.29, 0.717) is 24.4 Å². The summed E-state index contributed by atoms with van der Waals surface area (Å²) in [5.74, 6) is 0.131. The van der Waals surface area contributed by atoms with Crippen LogP contribution in [0.5, 0.6) is 0 Å². The molecule has 0 heterocycles. The van der Waals surface area contributed by atoms with E-state index in [-0.39, 0.29) is 5.91 Å². The van der Waals surface area contributed by atoms with Gasteiger partial charge in [-0.2, -0.15) is 0 Å². The van der Waals surface area contributed by atoms with Crippen molar-refractivity contribution in [1.82, 2.24) is 9.80 Å². The second-order valence-corrected chi connectivity index (χ2v) is 4.94. The predicted molar refractivity (Wildman–Crippen MR) is 82.3 cm³/mol. The fourth-order valence-electron chi connectivity index (χ4n) is 1.61. The van der Waals surface area contributed by atoms with Gasteiger partial charge < -0.3 is 20.3 Å². The Morgan fingerprint density at radius 2 is 1.89 bits per heavy atom. The third-order valence-electron chi connectivity index (χ3n) is 2.96. The number of nitrogens with zero attached hydrogens (tertiary/aromatic N) is 2. The Morgan fingerprint density at radius 1 is 1.21 bits per heavy atom. The molecule has 0 atom stereocenters. The molecule has 0 aromatic rings. The third-order valence-corrected chi connectivity index (χ3v) is 3.17. The van der Waals surface area contributed by atoms with Gasteiger partial charge in [0.15, 0.2) is 0 Å². The Morgan fingerprint density at radius 3 is 2.42 bits per heavy atom. The third kappa shape index (κ3) is 9.81. The summed E-state index contributed by atoms with van der Waals surface area (Å²) in [4.78, 5) is 16.2. The molecule has 0 rings (SSSR count). The molecule has 0 bridgehead atoms. The zero-order chi connectivity index (χ0) is 14.7. The SMILES string of the molecule is CCOCCN(CC)CCC(=O)N(C)CCC(N)=S. The van der Waals surface area contributed by atoms with Crippen molar-refractivity contribution in [2.24, 2.45) is 5.73 Å². The van der Waals surface area contributed by atoms with Gasteiger partial charge in [-0.1, -0.05) is 19.1 Å². The highest BCUT2D eigenvalue weighted by Crippen LogP contribution is 1.97. The van der Waals surface area contributed by atoms with Crippen LogP contribution in [0.4, 0.5) is 0 Å². The molecule has 0 aliphatic carbocycles. The number of hydrogen-bond acceptors (Lipinski definition) is 4. The normalized spacial score (nSPS) is 10.7. The first kappa shape index (κ1) is 18.3. The molecule has 19 heavy (non-hydrogen) atoms. The highest BCUT2D eigenvalue weighted by atomic mass is 32.1. The number of likely N-dealkylation sites (N-methyl/N-ethyl adjacent to an activating group) is 1. The lowest BCUT2D eigenvalue weighted by atomic mass is 10.3. The lowest BCUT2D eigenvalue weighted by Crippen LogP contribution is -2.35. The summed E-state index contributed by atoms with van der Waals surface area (Å²) in [6, 6.07) is 0. The number of carbonyl (C=O) groups excluding carboxylic acids is 1. The molecule has 0 unspecified atom stereocenters. The summed E-state index contributed by atoms with van der Waals surface area (Å²) < 4.78 is 5.32. The van der Waals surface area contributed by atoms with Crippen molar-refractivity contribution in [3.05, 3.63) is 0 Å². The maximum Gasteiger partial charge on any atom is 0.223 e. The van der Waals surface area contributed by atoms with Crippen molar-refractivity contribution in [2.45, 2.75) is 26.7 Å². The number of nitrogens with two attached hydrogens (primary N) is 1. The number of amides is 1. The van der Waals surface area contributed by atoms with Crippen molar-refractivity contribution >= 4 is 23.1 Å². The van der Waals surface area contributed by atoms with Gasteiger partial charge in [0.05, 0.1) is 11.6 Å². The van der Waals surface area contributed by atoms with E-state index < -0.39 is 0 Å². The van der Waals surface area contributed by atoms with E-state index in [1.165, 1.54) is 0 Å². The van der Waals surface area contributed by atoms with Crippen LogP contribution in [0.2, 0.25) is 0 Å².